The fourth-order valence-corrected chi connectivity index (χ4v) is 4.46. The summed E-state index contributed by atoms with van der Waals surface area (Å²) in [5.41, 5.74) is 10.6. The molecule has 4 nitrogen and oxygen atoms in total. The van der Waals surface area contributed by atoms with Gasteiger partial charge in [0.05, 0.1) is 5.41 Å². The van der Waals surface area contributed by atoms with Crippen LogP contribution in [-0.4, -0.2) is 11.8 Å². The first-order valence-corrected chi connectivity index (χ1v) is 5.97. The fourth-order valence-electron chi connectivity index (χ4n) is 4.46. The van der Waals surface area contributed by atoms with E-state index in [-0.39, 0.29) is 29.6 Å². The Bertz CT molecular complexity index is 350. The van der Waals surface area contributed by atoms with E-state index >= 15 is 0 Å². The summed E-state index contributed by atoms with van der Waals surface area (Å²) in [6.07, 6.45) is 5.66. The highest BCUT2D eigenvalue weighted by molar-refractivity contribution is 5.84. The summed E-state index contributed by atoms with van der Waals surface area (Å²) in [7, 11) is 0. The largest absolute Gasteiger partial charge is 0.369 e. The molecular weight excluding hydrogens is 204 g/mol. The highest BCUT2D eigenvalue weighted by atomic mass is 16.1. The average Bonchev–Trinajstić information content (AvgIpc) is 2.14. The van der Waals surface area contributed by atoms with E-state index in [2.05, 4.69) is 6.42 Å². The van der Waals surface area contributed by atoms with Crippen LogP contribution in [0.15, 0.2) is 0 Å². The van der Waals surface area contributed by atoms with E-state index in [1.807, 2.05) is 0 Å². The molecule has 4 N–H and O–H groups in total. The number of amides is 2. The van der Waals surface area contributed by atoms with Crippen molar-refractivity contribution < 1.29 is 9.59 Å². The van der Waals surface area contributed by atoms with Crippen LogP contribution in [0.2, 0.25) is 0 Å². The van der Waals surface area contributed by atoms with Crippen molar-refractivity contribution in [3.63, 3.8) is 0 Å². The van der Waals surface area contributed by atoms with E-state index < -0.39 is 5.41 Å². The van der Waals surface area contributed by atoms with Crippen molar-refractivity contribution in [2.45, 2.75) is 25.7 Å². The zero-order chi connectivity index (χ0) is 11.5. The molecule has 2 unspecified atom stereocenters. The Morgan fingerprint density at radius 1 is 1.12 bits per heavy atom. The molecule has 2 amide bonds. The monoisotopic (exact) mass is 221 g/mol. The summed E-state index contributed by atoms with van der Waals surface area (Å²) in [6, 6.07) is 0. The van der Waals surface area contributed by atoms with E-state index in [9.17, 15) is 9.59 Å². The molecule has 4 saturated carbocycles. The number of hydrogen-bond acceptors (Lipinski definition) is 2. The van der Waals surface area contributed by atoms with Crippen LogP contribution in [0.5, 0.6) is 0 Å². The van der Waals surface area contributed by atoms with E-state index in [1.54, 1.807) is 0 Å². The minimum atomic E-state index is -0.428. The molecule has 4 fully saturated rings. The summed E-state index contributed by atoms with van der Waals surface area (Å²) >= 11 is 0. The van der Waals surface area contributed by atoms with Gasteiger partial charge in [0.1, 0.15) is 0 Å². The van der Waals surface area contributed by atoms with Crippen molar-refractivity contribution in [1.29, 1.82) is 0 Å². The third-order valence-corrected chi connectivity index (χ3v) is 4.85. The van der Waals surface area contributed by atoms with Crippen molar-refractivity contribution >= 4 is 11.8 Å². The second kappa shape index (κ2) is 2.99. The lowest BCUT2D eigenvalue weighted by Gasteiger charge is -2.57. The van der Waals surface area contributed by atoms with Crippen LogP contribution in [0, 0.1) is 35.5 Å². The quantitative estimate of drug-likeness (QED) is 0.698. The number of primary amides is 2. The van der Waals surface area contributed by atoms with Crippen molar-refractivity contribution in [3.05, 3.63) is 6.42 Å². The van der Waals surface area contributed by atoms with Gasteiger partial charge in [-0.15, -0.1) is 0 Å². The first kappa shape index (κ1) is 10.1. The van der Waals surface area contributed by atoms with Crippen molar-refractivity contribution in [3.8, 4) is 0 Å². The topological polar surface area (TPSA) is 86.2 Å². The molecule has 0 aliphatic heterocycles. The van der Waals surface area contributed by atoms with Crippen LogP contribution in [-0.2, 0) is 9.59 Å². The van der Waals surface area contributed by atoms with Crippen molar-refractivity contribution in [1.82, 2.24) is 0 Å². The summed E-state index contributed by atoms with van der Waals surface area (Å²) in [5, 5.41) is 0. The third kappa shape index (κ3) is 1.16. The van der Waals surface area contributed by atoms with Gasteiger partial charge in [-0.05, 0) is 49.9 Å². The molecule has 0 spiro atoms. The number of carbonyl (C=O) groups is 2. The number of rotatable bonds is 2. The van der Waals surface area contributed by atoms with Gasteiger partial charge >= 0.3 is 0 Å². The van der Waals surface area contributed by atoms with Crippen LogP contribution >= 0.6 is 0 Å². The Hall–Kier alpha value is -1.06. The molecule has 0 aromatic carbocycles. The molecular formula is C12H17N2O2. The average molecular weight is 221 g/mol. The molecule has 4 aliphatic rings. The predicted octanol–water partition coefficient (Wildman–Crippen LogP) is 0.214. The van der Waals surface area contributed by atoms with Gasteiger partial charge in [0.25, 0.3) is 0 Å². The maximum absolute atomic E-state index is 11.6. The van der Waals surface area contributed by atoms with Gasteiger partial charge in [0.2, 0.25) is 11.8 Å². The standard InChI is InChI=1S/C12H17N2O2/c13-10(15)9-7-1-6-2-8(9)5-12(3-6,4-7)11(14)16/h3,6-9H,1-2,4-5H2,(H2,13,15)(H2,14,16). The summed E-state index contributed by atoms with van der Waals surface area (Å²) in [4.78, 5) is 23.1. The normalized spacial score (nSPS) is 49.2. The predicted molar refractivity (Wildman–Crippen MR) is 57.5 cm³/mol. The van der Waals surface area contributed by atoms with Crippen LogP contribution in [0.1, 0.15) is 25.7 Å². The summed E-state index contributed by atoms with van der Waals surface area (Å²) in [5.74, 6) is 0.626. The minimum Gasteiger partial charge on any atom is -0.369 e. The SMILES string of the molecule is NC(=O)C1C2CC3[CH]C(C(N)=O)(C2)CC1C3. The molecule has 4 rings (SSSR count). The summed E-state index contributed by atoms with van der Waals surface area (Å²) < 4.78 is 0. The third-order valence-electron chi connectivity index (χ3n) is 4.85. The molecule has 0 saturated heterocycles. The Morgan fingerprint density at radius 3 is 2.12 bits per heavy atom. The maximum Gasteiger partial charge on any atom is 0.223 e. The molecule has 4 bridgehead atoms. The second-order valence-corrected chi connectivity index (χ2v) is 5.78. The van der Waals surface area contributed by atoms with E-state index in [4.69, 9.17) is 11.5 Å². The van der Waals surface area contributed by atoms with Gasteiger partial charge in [-0.2, -0.15) is 0 Å². The zero-order valence-corrected chi connectivity index (χ0v) is 9.19. The minimum absolute atomic E-state index is 0.0163. The molecule has 0 aromatic heterocycles. The van der Waals surface area contributed by atoms with Gasteiger partial charge < -0.3 is 11.5 Å². The molecule has 2 atom stereocenters. The van der Waals surface area contributed by atoms with E-state index in [1.165, 1.54) is 0 Å². The van der Waals surface area contributed by atoms with Gasteiger partial charge in [0.15, 0.2) is 0 Å². The molecule has 16 heavy (non-hydrogen) atoms. The van der Waals surface area contributed by atoms with Crippen molar-refractivity contribution in [2.75, 3.05) is 0 Å². The lowest BCUT2D eigenvalue weighted by Crippen LogP contribution is -2.58. The first-order valence-electron chi connectivity index (χ1n) is 5.97. The van der Waals surface area contributed by atoms with Crippen LogP contribution in [0.25, 0.3) is 0 Å². The highest BCUT2D eigenvalue weighted by Gasteiger charge is 2.59. The first-order chi connectivity index (χ1) is 7.52. The molecule has 0 aromatic rings. The highest BCUT2D eigenvalue weighted by Crippen LogP contribution is 2.61. The Morgan fingerprint density at radius 2 is 1.69 bits per heavy atom. The second-order valence-electron chi connectivity index (χ2n) is 5.78. The molecule has 0 heterocycles. The zero-order valence-electron chi connectivity index (χ0n) is 9.19. The Kier molecular flexibility index (Phi) is 1.89. The van der Waals surface area contributed by atoms with Crippen LogP contribution in [0.3, 0.4) is 0 Å². The van der Waals surface area contributed by atoms with Crippen LogP contribution in [0.4, 0.5) is 0 Å². The lowest BCUT2D eigenvalue weighted by molar-refractivity contribution is -0.148. The smallest absolute Gasteiger partial charge is 0.223 e. The van der Waals surface area contributed by atoms with Gasteiger partial charge in [-0.25, -0.2) is 0 Å². The lowest BCUT2D eigenvalue weighted by atomic mass is 9.46. The van der Waals surface area contributed by atoms with Gasteiger partial charge in [-0.3, -0.25) is 9.59 Å². The van der Waals surface area contributed by atoms with Gasteiger partial charge in [-0.1, -0.05) is 0 Å². The van der Waals surface area contributed by atoms with Gasteiger partial charge in [0, 0.05) is 5.92 Å². The van der Waals surface area contributed by atoms with Crippen LogP contribution < -0.4 is 11.5 Å². The Balaban J connectivity index is 1.95. The number of nitrogens with two attached hydrogens (primary N) is 2. The molecule has 4 heteroatoms. The molecule has 1 radical (unpaired) electrons. The summed E-state index contributed by atoms with van der Waals surface area (Å²) in [6.45, 7) is 0. The van der Waals surface area contributed by atoms with E-state index in [0.717, 1.165) is 25.7 Å². The maximum atomic E-state index is 11.6. The fraction of sp³-hybridized carbons (Fsp3) is 0.750. The molecule has 87 valence electrons. The molecule has 4 aliphatic carbocycles. The van der Waals surface area contributed by atoms with E-state index in [0.29, 0.717) is 5.92 Å². The number of hydrogen-bond donors (Lipinski definition) is 2. The Labute approximate surface area is 94.7 Å². The number of carbonyl (C=O) groups excluding carboxylic acids is 2. The van der Waals surface area contributed by atoms with Crippen molar-refractivity contribution in [2.24, 2.45) is 40.6 Å².